The van der Waals surface area contributed by atoms with Gasteiger partial charge < -0.3 is 10.2 Å². The summed E-state index contributed by atoms with van der Waals surface area (Å²) in [5, 5.41) is 2.76. The highest BCUT2D eigenvalue weighted by Gasteiger charge is 2.20. The van der Waals surface area contributed by atoms with Crippen LogP contribution in [0.1, 0.15) is 21.0 Å². The molecule has 16 heavy (non-hydrogen) atoms. The molecule has 0 aliphatic carbocycles. The minimum absolute atomic E-state index is 0.0256. The zero-order valence-electron chi connectivity index (χ0n) is 9.16. The van der Waals surface area contributed by atoms with Crippen LogP contribution in [0.5, 0.6) is 0 Å². The van der Waals surface area contributed by atoms with E-state index in [1.54, 1.807) is 4.90 Å². The van der Waals surface area contributed by atoms with E-state index < -0.39 is 0 Å². The summed E-state index contributed by atoms with van der Waals surface area (Å²) in [6, 6.07) is 3.79. The summed E-state index contributed by atoms with van der Waals surface area (Å²) in [5.41, 5.74) is 0. The van der Waals surface area contributed by atoms with E-state index >= 15 is 0 Å². The number of carbonyl (C=O) groups excluding carboxylic acids is 2. The quantitative estimate of drug-likeness (QED) is 0.794. The summed E-state index contributed by atoms with van der Waals surface area (Å²) in [6.45, 7) is 3.65. The molecule has 0 radical (unpaired) electrons. The van der Waals surface area contributed by atoms with E-state index in [2.05, 4.69) is 5.32 Å². The number of thiophene rings is 1. The van der Waals surface area contributed by atoms with Gasteiger partial charge in [0.05, 0.1) is 4.88 Å². The second-order valence-corrected chi connectivity index (χ2v) is 5.09. The highest BCUT2D eigenvalue weighted by atomic mass is 32.1. The van der Waals surface area contributed by atoms with E-state index in [4.69, 9.17) is 0 Å². The van der Waals surface area contributed by atoms with Gasteiger partial charge >= 0.3 is 0 Å². The van der Waals surface area contributed by atoms with Crippen LogP contribution in [-0.4, -0.2) is 36.3 Å². The number of rotatable bonds is 1. The van der Waals surface area contributed by atoms with Gasteiger partial charge in [0.2, 0.25) is 5.91 Å². The highest BCUT2D eigenvalue weighted by molar-refractivity contribution is 7.13. The van der Waals surface area contributed by atoms with Crippen LogP contribution in [0.25, 0.3) is 0 Å². The molecule has 1 saturated heterocycles. The van der Waals surface area contributed by atoms with E-state index in [0.717, 1.165) is 9.75 Å². The van der Waals surface area contributed by atoms with Crippen molar-refractivity contribution in [3.8, 4) is 0 Å². The number of hydrogen-bond acceptors (Lipinski definition) is 3. The molecule has 2 heterocycles. The molecule has 0 aromatic carbocycles. The van der Waals surface area contributed by atoms with Crippen LogP contribution >= 0.6 is 11.3 Å². The van der Waals surface area contributed by atoms with Crippen LogP contribution < -0.4 is 5.32 Å². The van der Waals surface area contributed by atoms with Crippen molar-refractivity contribution < 1.29 is 9.59 Å². The average molecular weight is 238 g/mol. The van der Waals surface area contributed by atoms with Gasteiger partial charge in [-0.3, -0.25) is 9.59 Å². The fourth-order valence-corrected chi connectivity index (χ4v) is 2.51. The number of carbonyl (C=O) groups is 2. The zero-order chi connectivity index (χ0) is 11.5. The van der Waals surface area contributed by atoms with Crippen LogP contribution in [0.2, 0.25) is 0 Å². The third-order valence-corrected chi connectivity index (χ3v) is 3.54. The van der Waals surface area contributed by atoms with Crippen LogP contribution in [0.15, 0.2) is 12.1 Å². The Morgan fingerprint density at radius 1 is 1.44 bits per heavy atom. The van der Waals surface area contributed by atoms with Gasteiger partial charge in [-0.2, -0.15) is 0 Å². The Morgan fingerprint density at radius 3 is 2.94 bits per heavy atom. The van der Waals surface area contributed by atoms with Crippen molar-refractivity contribution in [2.24, 2.45) is 0 Å². The summed E-state index contributed by atoms with van der Waals surface area (Å²) >= 11 is 1.50. The SMILES string of the molecule is Cc1ccc(C(=O)N2CCNC(=O)CC2)s1. The number of amides is 2. The third-order valence-electron chi connectivity index (χ3n) is 2.55. The van der Waals surface area contributed by atoms with Crippen molar-refractivity contribution in [3.05, 3.63) is 21.9 Å². The summed E-state index contributed by atoms with van der Waals surface area (Å²) in [6.07, 6.45) is 0.399. The number of aryl methyl sites for hydroxylation is 1. The van der Waals surface area contributed by atoms with Gasteiger partial charge in [0.15, 0.2) is 0 Å². The van der Waals surface area contributed by atoms with Crippen LogP contribution in [-0.2, 0) is 4.79 Å². The first kappa shape index (κ1) is 11.1. The van der Waals surface area contributed by atoms with Gasteiger partial charge in [0.1, 0.15) is 0 Å². The molecule has 1 aliphatic rings. The monoisotopic (exact) mass is 238 g/mol. The fraction of sp³-hybridized carbons (Fsp3) is 0.455. The van der Waals surface area contributed by atoms with Crippen molar-refractivity contribution in [1.82, 2.24) is 10.2 Å². The molecular weight excluding hydrogens is 224 g/mol. The second kappa shape index (κ2) is 4.65. The maximum absolute atomic E-state index is 12.1. The minimum Gasteiger partial charge on any atom is -0.354 e. The molecule has 1 aliphatic heterocycles. The van der Waals surface area contributed by atoms with Crippen molar-refractivity contribution >= 4 is 23.2 Å². The van der Waals surface area contributed by atoms with Crippen molar-refractivity contribution in [2.45, 2.75) is 13.3 Å². The predicted molar refractivity (Wildman–Crippen MR) is 62.6 cm³/mol. The van der Waals surface area contributed by atoms with Gasteiger partial charge in [0, 0.05) is 30.9 Å². The van der Waals surface area contributed by atoms with Gasteiger partial charge in [-0.15, -0.1) is 11.3 Å². The lowest BCUT2D eigenvalue weighted by atomic mass is 10.3. The first-order valence-corrected chi connectivity index (χ1v) is 6.11. The smallest absolute Gasteiger partial charge is 0.264 e. The number of nitrogens with zero attached hydrogens (tertiary/aromatic N) is 1. The molecule has 0 saturated carbocycles. The maximum atomic E-state index is 12.1. The molecule has 5 heteroatoms. The maximum Gasteiger partial charge on any atom is 0.264 e. The largest absolute Gasteiger partial charge is 0.354 e. The topological polar surface area (TPSA) is 49.4 Å². The Kier molecular flexibility index (Phi) is 3.24. The molecule has 0 spiro atoms. The summed E-state index contributed by atoms with van der Waals surface area (Å²) < 4.78 is 0. The molecule has 0 atom stereocenters. The van der Waals surface area contributed by atoms with E-state index in [1.807, 2.05) is 19.1 Å². The molecule has 4 nitrogen and oxygen atoms in total. The Labute approximate surface area is 98.3 Å². The molecule has 1 N–H and O–H groups in total. The molecule has 2 rings (SSSR count). The number of hydrogen-bond donors (Lipinski definition) is 1. The van der Waals surface area contributed by atoms with Crippen LogP contribution in [0, 0.1) is 6.92 Å². The normalized spacial score (nSPS) is 16.8. The molecule has 0 unspecified atom stereocenters. The van der Waals surface area contributed by atoms with Crippen molar-refractivity contribution in [2.75, 3.05) is 19.6 Å². The average Bonchev–Trinajstić information content (AvgIpc) is 2.57. The van der Waals surface area contributed by atoms with Crippen LogP contribution in [0.3, 0.4) is 0 Å². The molecule has 86 valence electrons. The Hall–Kier alpha value is -1.36. The molecule has 2 amide bonds. The lowest BCUT2D eigenvalue weighted by molar-refractivity contribution is -0.120. The molecule has 1 fully saturated rings. The van der Waals surface area contributed by atoms with E-state index in [-0.39, 0.29) is 11.8 Å². The standard InChI is InChI=1S/C11H14N2O2S/c1-8-2-3-9(16-8)11(15)13-6-4-10(14)12-5-7-13/h2-3H,4-7H2,1H3,(H,12,14). The van der Waals surface area contributed by atoms with Gasteiger partial charge in [-0.05, 0) is 19.1 Å². The summed E-state index contributed by atoms with van der Waals surface area (Å²) in [5.74, 6) is 0.0623. The molecular formula is C11H14N2O2S. The number of nitrogens with one attached hydrogen (secondary N) is 1. The Morgan fingerprint density at radius 2 is 2.25 bits per heavy atom. The Balaban J connectivity index is 2.06. The van der Waals surface area contributed by atoms with Crippen LogP contribution in [0.4, 0.5) is 0 Å². The van der Waals surface area contributed by atoms with Crippen molar-refractivity contribution in [1.29, 1.82) is 0 Å². The third kappa shape index (κ3) is 2.41. The van der Waals surface area contributed by atoms with Crippen molar-refractivity contribution in [3.63, 3.8) is 0 Å². The predicted octanol–water partition coefficient (Wildman–Crippen LogP) is 1.02. The van der Waals surface area contributed by atoms with E-state index in [1.165, 1.54) is 11.3 Å². The second-order valence-electron chi connectivity index (χ2n) is 3.80. The summed E-state index contributed by atoms with van der Waals surface area (Å²) in [4.78, 5) is 26.8. The molecule has 1 aromatic rings. The Bertz CT molecular complexity index is 414. The minimum atomic E-state index is 0.0256. The highest BCUT2D eigenvalue weighted by Crippen LogP contribution is 2.17. The fourth-order valence-electron chi connectivity index (χ4n) is 1.68. The summed E-state index contributed by atoms with van der Waals surface area (Å²) in [7, 11) is 0. The van der Waals surface area contributed by atoms with Gasteiger partial charge in [-0.25, -0.2) is 0 Å². The first-order chi connectivity index (χ1) is 7.66. The molecule has 0 bridgehead atoms. The van der Waals surface area contributed by atoms with Gasteiger partial charge in [0.25, 0.3) is 5.91 Å². The zero-order valence-corrected chi connectivity index (χ0v) is 9.97. The lowest BCUT2D eigenvalue weighted by Gasteiger charge is -2.18. The molecule has 1 aromatic heterocycles. The van der Waals surface area contributed by atoms with Gasteiger partial charge in [-0.1, -0.05) is 0 Å². The van der Waals surface area contributed by atoms with E-state index in [9.17, 15) is 9.59 Å². The first-order valence-electron chi connectivity index (χ1n) is 5.29. The van der Waals surface area contributed by atoms with E-state index in [0.29, 0.717) is 26.1 Å². The lowest BCUT2D eigenvalue weighted by Crippen LogP contribution is -2.33.